The van der Waals surface area contributed by atoms with Gasteiger partial charge in [-0.05, 0) is 80.8 Å². The molecular formula is C24H36F2O2. The molecule has 1 aromatic rings. The Morgan fingerprint density at radius 2 is 1.25 bits per heavy atom. The van der Waals surface area contributed by atoms with E-state index in [2.05, 4.69) is 6.92 Å². The van der Waals surface area contributed by atoms with Gasteiger partial charge in [-0.25, -0.2) is 0 Å². The molecule has 2 saturated carbocycles. The first-order valence-electron chi connectivity index (χ1n) is 11.4. The lowest BCUT2D eigenvalue weighted by Crippen LogP contribution is -2.27. The molecule has 2 aliphatic rings. The van der Waals surface area contributed by atoms with Crippen molar-refractivity contribution in [1.82, 2.24) is 0 Å². The molecule has 2 nitrogen and oxygen atoms in total. The van der Waals surface area contributed by atoms with Gasteiger partial charge in [-0.15, -0.1) is 0 Å². The van der Waals surface area contributed by atoms with E-state index in [0.717, 1.165) is 37.0 Å². The van der Waals surface area contributed by atoms with Gasteiger partial charge in [-0.1, -0.05) is 33.1 Å². The second-order valence-corrected chi connectivity index (χ2v) is 8.82. The number of hydrogen-bond donors (Lipinski definition) is 0. The summed E-state index contributed by atoms with van der Waals surface area (Å²) >= 11 is 0. The van der Waals surface area contributed by atoms with Crippen LogP contribution in [0.4, 0.5) is 8.78 Å². The molecular weight excluding hydrogens is 358 g/mol. The SMILES string of the molecule is CCCOc1ccc(OCC2CCC(C3CCC(CC)CC3)CC2)c(F)c1F. The highest BCUT2D eigenvalue weighted by atomic mass is 19.2. The number of rotatable bonds is 8. The average Bonchev–Trinajstić information content (AvgIpc) is 2.74. The Bertz CT molecular complexity index is 603. The Hall–Kier alpha value is -1.32. The maximum Gasteiger partial charge on any atom is 0.204 e. The van der Waals surface area contributed by atoms with E-state index < -0.39 is 11.6 Å². The third-order valence-electron chi connectivity index (χ3n) is 6.97. The summed E-state index contributed by atoms with van der Waals surface area (Å²) in [4.78, 5) is 0. The Labute approximate surface area is 169 Å². The van der Waals surface area contributed by atoms with Crippen molar-refractivity contribution in [1.29, 1.82) is 0 Å². The van der Waals surface area contributed by atoms with Gasteiger partial charge in [-0.2, -0.15) is 8.78 Å². The summed E-state index contributed by atoms with van der Waals surface area (Å²) in [7, 11) is 0. The molecule has 0 heterocycles. The van der Waals surface area contributed by atoms with E-state index >= 15 is 0 Å². The van der Waals surface area contributed by atoms with Crippen LogP contribution < -0.4 is 9.47 Å². The number of benzene rings is 1. The lowest BCUT2D eigenvalue weighted by atomic mass is 9.69. The summed E-state index contributed by atoms with van der Waals surface area (Å²) in [5.74, 6) is 1.25. The van der Waals surface area contributed by atoms with E-state index in [1.807, 2.05) is 6.92 Å². The molecule has 0 aromatic heterocycles. The number of hydrogen-bond acceptors (Lipinski definition) is 2. The largest absolute Gasteiger partial charge is 0.490 e. The second kappa shape index (κ2) is 10.5. The van der Waals surface area contributed by atoms with E-state index in [4.69, 9.17) is 9.47 Å². The minimum absolute atomic E-state index is 0.00126. The minimum atomic E-state index is -0.947. The van der Waals surface area contributed by atoms with E-state index in [1.54, 1.807) is 0 Å². The molecule has 0 spiro atoms. The van der Waals surface area contributed by atoms with Crippen LogP contribution in [0.1, 0.15) is 78.1 Å². The van der Waals surface area contributed by atoms with Crippen LogP contribution in [0, 0.1) is 35.3 Å². The second-order valence-electron chi connectivity index (χ2n) is 8.82. The zero-order valence-corrected chi connectivity index (χ0v) is 17.5. The fourth-order valence-electron chi connectivity index (χ4n) is 5.05. The average molecular weight is 395 g/mol. The quantitative estimate of drug-likeness (QED) is 0.466. The first-order chi connectivity index (χ1) is 13.6. The van der Waals surface area contributed by atoms with Crippen molar-refractivity contribution < 1.29 is 18.3 Å². The highest BCUT2D eigenvalue weighted by Gasteiger charge is 2.30. The Balaban J connectivity index is 1.44. The first-order valence-corrected chi connectivity index (χ1v) is 11.4. The van der Waals surface area contributed by atoms with Crippen LogP contribution in [0.5, 0.6) is 11.5 Å². The van der Waals surface area contributed by atoms with Crippen LogP contribution in [0.25, 0.3) is 0 Å². The van der Waals surface area contributed by atoms with E-state index in [9.17, 15) is 8.78 Å². The van der Waals surface area contributed by atoms with Crippen LogP contribution in [0.3, 0.4) is 0 Å². The van der Waals surface area contributed by atoms with Gasteiger partial charge in [0.2, 0.25) is 11.6 Å². The lowest BCUT2D eigenvalue weighted by molar-refractivity contribution is 0.121. The molecule has 3 rings (SSSR count). The van der Waals surface area contributed by atoms with Crippen molar-refractivity contribution in [2.75, 3.05) is 13.2 Å². The monoisotopic (exact) mass is 394 g/mol. The van der Waals surface area contributed by atoms with Gasteiger partial charge in [0.15, 0.2) is 11.5 Å². The molecule has 2 fully saturated rings. The summed E-state index contributed by atoms with van der Waals surface area (Å²) in [5.41, 5.74) is 0. The third-order valence-corrected chi connectivity index (χ3v) is 6.97. The highest BCUT2D eigenvalue weighted by Crippen LogP contribution is 2.42. The fourth-order valence-corrected chi connectivity index (χ4v) is 5.05. The molecule has 0 bridgehead atoms. The van der Waals surface area contributed by atoms with Crippen LogP contribution in [0.15, 0.2) is 12.1 Å². The molecule has 0 amide bonds. The maximum atomic E-state index is 14.2. The summed E-state index contributed by atoms with van der Waals surface area (Å²) in [5, 5.41) is 0. The van der Waals surface area contributed by atoms with Crippen LogP contribution in [-0.4, -0.2) is 13.2 Å². The third kappa shape index (κ3) is 5.39. The maximum absolute atomic E-state index is 14.2. The van der Waals surface area contributed by atoms with Crippen molar-refractivity contribution in [2.24, 2.45) is 23.7 Å². The summed E-state index contributed by atoms with van der Waals surface area (Å²) in [6.07, 6.45) is 12.5. The van der Waals surface area contributed by atoms with Gasteiger partial charge in [0.25, 0.3) is 0 Å². The Morgan fingerprint density at radius 3 is 1.75 bits per heavy atom. The van der Waals surface area contributed by atoms with Crippen molar-refractivity contribution >= 4 is 0 Å². The molecule has 0 atom stereocenters. The summed E-state index contributed by atoms with van der Waals surface area (Å²) in [6.45, 7) is 5.09. The summed E-state index contributed by atoms with van der Waals surface area (Å²) < 4.78 is 39.2. The molecule has 0 saturated heterocycles. The molecule has 0 aliphatic heterocycles. The molecule has 1 aromatic carbocycles. The smallest absolute Gasteiger partial charge is 0.204 e. The van der Waals surface area contributed by atoms with Gasteiger partial charge in [0, 0.05) is 0 Å². The topological polar surface area (TPSA) is 18.5 Å². The predicted molar refractivity (Wildman–Crippen MR) is 109 cm³/mol. The van der Waals surface area contributed by atoms with Gasteiger partial charge < -0.3 is 9.47 Å². The molecule has 0 N–H and O–H groups in total. The van der Waals surface area contributed by atoms with Crippen molar-refractivity contribution in [3.63, 3.8) is 0 Å². The van der Waals surface area contributed by atoms with E-state index in [0.29, 0.717) is 19.1 Å². The molecule has 0 unspecified atom stereocenters. The molecule has 158 valence electrons. The van der Waals surface area contributed by atoms with Gasteiger partial charge >= 0.3 is 0 Å². The predicted octanol–water partition coefficient (Wildman–Crippen LogP) is 7.16. The Kier molecular flexibility index (Phi) is 7.99. The highest BCUT2D eigenvalue weighted by molar-refractivity contribution is 5.35. The lowest BCUT2D eigenvalue weighted by Gasteiger charge is -2.37. The number of ether oxygens (including phenoxy) is 2. The standard InChI is InChI=1S/C24H36F2O2/c1-3-15-27-21-13-14-22(24(26)23(21)25)28-16-18-7-11-20(12-8-18)19-9-5-17(4-2)6-10-19/h13-14,17-20H,3-12,15-16H2,1-2H3. The van der Waals surface area contributed by atoms with Crippen molar-refractivity contribution in [2.45, 2.75) is 78.1 Å². The summed E-state index contributed by atoms with van der Waals surface area (Å²) in [6, 6.07) is 2.95. The Morgan fingerprint density at radius 1 is 0.750 bits per heavy atom. The van der Waals surface area contributed by atoms with E-state index in [1.165, 1.54) is 57.1 Å². The fraction of sp³-hybridized carbons (Fsp3) is 0.750. The number of halogens is 2. The van der Waals surface area contributed by atoms with Crippen molar-refractivity contribution in [3.8, 4) is 11.5 Å². The molecule has 4 heteroatoms. The van der Waals surface area contributed by atoms with E-state index in [-0.39, 0.29) is 11.5 Å². The first kappa shape index (κ1) is 21.4. The van der Waals surface area contributed by atoms with Gasteiger partial charge in [-0.3, -0.25) is 0 Å². The van der Waals surface area contributed by atoms with Crippen LogP contribution >= 0.6 is 0 Å². The molecule has 28 heavy (non-hydrogen) atoms. The minimum Gasteiger partial charge on any atom is -0.490 e. The molecule has 2 aliphatic carbocycles. The van der Waals surface area contributed by atoms with Crippen LogP contribution in [0.2, 0.25) is 0 Å². The van der Waals surface area contributed by atoms with Crippen molar-refractivity contribution in [3.05, 3.63) is 23.8 Å². The molecule has 0 radical (unpaired) electrons. The zero-order valence-electron chi connectivity index (χ0n) is 17.5. The zero-order chi connectivity index (χ0) is 19.9. The normalized spacial score (nSPS) is 28.1. The van der Waals surface area contributed by atoms with Crippen LogP contribution in [-0.2, 0) is 0 Å². The van der Waals surface area contributed by atoms with Gasteiger partial charge in [0.05, 0.1) is 13.2 Å². The van der Waals surface area contributed by atoms with Gasteiger partial charge in [0.1, 0.15) is 0 Å².